The molecule has 2 rings (SSSR count). The van der Waals surface area contributed by atoms with Gasteiger partial charge in [-0.15, -0.1) is 0 Å². The van der Waals surface area contributed by atoms with Crippen molar-refractivity contribution in [2.45, 2.75) is 51.7 Å². The van der Waals surface area contributed by atoms with Gasteiger partial charge in [-0.2, -0.15) is 0 Å². The molecular formula is C16H23NO2. The summed E-state index contributed by atoms with van der Waals surface area (Å²) in [7, 11) is 0. The maximum absolute atomic E-state index is 12.6. The van der Waals surface area contributed by atoms with Crippen molar-refractivity contribution in [3.8, 4) is 5.75 Å². The summed E-state index contributed by atoms with van der Waals surface area (Å²) in [4.78, 5) is 12.6. The zero-order valence-electron chi connectivity index (χ0n) is 11.8. The van der Waals surface area contributed by atoms with Crippen molar-refractivity contribution in [3.63, 3.8) is 0 Å². The van der Waals surface area contributed by atoms with Crippen LogP contribution in [-0.4, -0.2) is 24.5 Å². The first-order valence-corrected chi connectivity index (χ1v) is 7.22. The summed E-state index contributed by atoms with van der Waals surface area (Å²) < 4.78 is 5.74. The van der Waals surface area contributed by atoms with Crippen LogP contribution < -0.4 is 10.1 Å². The number of nitrogens with one attached hydrogen (secondary N) is 1. The standard InChI is InChI=1S/C16H23NO2/c1-12(2)19-15-10-6-5-8-13(15)16(18)14-9-4-3-7-11-17-14/h5-6,8,10,12,14,17H,3-4,7,9,11H2,1-2H3. The second-order valence-electron chi connectivity index (χ2n) is 5.38. The van der Waals surface area contributed by atoms with E-state index in [0.29, 0.717) is 11.3 Å². The normalized spacial score (nSPS) is 20.1. The molecule has 0 aromatic heterocycles. The first-order chi connectivity index (χ1) is 9.18. The molecule has 0 aliphatic carbocycles. The number of hydrogen-bond acceptors (Lipinski definition) is 3. The van der Waals surface area contributed by atoms with Crippen molar-refractivity contribution in [2.75, 3.05) is 6.54 Å². The molecule has 1 aliphatic heterocycles. The molecule has 0 saturated carbocycles. The van der Waals surface area contributed by atoms with E-state index in [9.17, 15) is 4.79 Å². The average molecular weight is 261 g/mol. The van der Waals surface area contributed by atoms with Gasteiger partial charge in [-0.3, -0.25) is 4.79 Å². The van der Waals surface area contributed by atoms with Gasteiger partial charge in [0.1, 0.15) is 5.75 Å². The van der Waals surface area contributed by atoms with Crippen molar-refractivity contribution in [1.82, 2.24) is 5.32 Å². The van der Waals surface area contributed by atoms with Gasteiger partial charge < -0.3 is 10.1 Å². The highest BCUT2D eigenvalue weighted by molar-refractivity contribution is 6.02. The molecule has 1 aromatic carbocycles. The molecule has 0 bridgehead atoms. The van der Waals surface area contributed by atoms with Crippen LogP contribution in [0.1, 0.15) is 49.9 Å². The Hall–Kier alpha value is -1.35. The predicted molar refractivity (Wildman–Crippen MR) is 76.8 cm³/mol. The maximum atomic E-state index is 12.6. The molecule has 3 nitrogen and oxygen atoms in total. The van der Waals surface area contributed by atoms with Crippen LogP contribution in [0.3, 0.4) is 0 Å². The molecule has 1 aromatic rings. The highest BCUT2D eigenvalue weighted by Gasteiger charge is 2.23. The number of carbonyl (C=O) groups excluding carboxylic acids is 1. The largest absolute Gasteiger partial charge is 0.490 e. The van der Waals surface area contributed by atoms with Crippen LogP contribution in [0, 0.1) is 0 Å². The minimum Gasteiger partial charge on any atom is -0.490 e. The van der Waals surface area contributed by atoms with Gasteiger partial charge in [0, 0.05) is 0 Å². The van der Waals surface area contributed by atoms with Crippen LogP contribution in [-0.2, 0) is 0 Å². The van der Waals surface area contributed by atoms with Gasteiger partial charge in [0.15, 0.2) is 5.78 Å². The molecule has 3 heteroatoms. The van der Waals surface area contributed by atoms with E-state index < -0.39 is 0 Å². The molecule has 0 amide bonds. The second kappa shape index (κ2) is 6.71. The van der Waals surface area contributed by atoms with Gasteiger partial charge >= 0.3 is 0 Å². The van der Waals surface area contributed by atoms with Crippen molar-refractivity contribution in [1.29, 1.82) is 0 Å². The zero-order chi connectivity index (χ0) is 13.7. The zero-order valence-corrected chi connectivity index (χ0v) is 11.8. The quantitative estimate of drug-likeness (QED) is 0.846. The number of Topliss-reactive ketones (excluding diaryl/α,β-unsaturated/α-hetero) is 1. The predicted octanol–water partition coefficient (Wildman–Crippen LogP) is 3.19. The van der Waals surface area contributed by atoms with Crippen LogP contribution in [0.5, 0.6) is 5.75 Å². The fourth-order valence-corrected chi connectivity index (χ4v) is 2.47. The summed E-state index contributed by atoms with van der Waals surface area (Å²) >= 11 is 0. The Bertz CT molecular complexity index is 421. The first-order valence-electron chi connectivity index (χ1n) is 7.22. The Morgan fingerprint density at radius 2 is 2.05 bits per heavy atom. The lowest BCUT2D eigenvalue weighted by atomic mass is 9.99. The monoisotopic (exact) mass is 261 g/mol. The van der Waals surface area contributed by atoms with Crippen LogP contribution in [0.4, 0.5) is 0 Å². The van der Waals surface area contributed by atoms with Gasteiger partial charge in [0.05, 0.1) is 17.7 Å². The molecule has 104 valence electrons. The van der Waals surface area contributed by atoms with Gasteiger partial charge in [-0.25, -0.2) is 0 Å². The number of carbonyl (C=O) groups is 1. The average Bonchev–Trinajstić information content (AvgIpc) is 2.67. The van der Waals surface area contributed by atoms with Crippen LogP contribution in [0.15, 0.2) is 24.3 Å². The Kier molecular flexibility index (Phi) is 4.97. The third-order valence-electron chi connectivity index (χ3n) is 3.39. The lowest BCUT2D eigenvalue weighted by Gasteiger charge is -2.18. The number of ketones is 1. The minimum atomic E-state index is -0.0561. The summed E-state index contributed by atoms with van der Waals surface area (Å²) in [6.07, 6.45) is 4.50. The van der Waals surface area contributed by atoms with E-state index in [1.54, 1.807) is 0 Å². The Morgan fingerprint density at radius 3 is 2.84 bits per heavy atom. The number of rotatable bonds is 4. The SMILES string of the molecule is CC(C)Oc1ccccc1C(=O)C1CCCCCN1. The minimum absolute atomic E-state index is 0.0561. The molecule has 0 radical (unpaired) electrons. The summed E-state index contributed by atoms with van der Waals surface area (Å²) in [5.41, 5.74) is 0.704. The van der Waals surface area contributed by atoms with E-state index in [0.717, 1.165) is 25.8 Å². The summed E-state index contributed by atoms with van der Waals surface area (Å²) in [6, 6.07) is 7.50. The van der Waals surface area contributed by atoms with E-state index in [1.807, 2.05) is 38.1 Å². The second-order valence-corrected chi connectivity index (χ2v) is 5.38. The van der Waals surface area contributed by atoms with E-state index >= 15 is 0 Å². The Labute approximate surface area is 115 Å². The van der Waals surface area contributed by atoms with Crippen molar-refractivity contribution in [2.24, 2.45) is 0 Å². The van der Waals surface area contributed by atoms with Crippen LogP contribution >= 0.6 is 0 Å². The van der Waals surface area contributed by atoms with Crippen LogP contribution in [0.2, 0.25) is 0 Å². The molecule has 19 heavy (non-hydrogen) atoms. The molecule has 1 N–H and O–H groups in total. The van der Waals surface area contributed by atoms with Crippen molar-refractivity contribution >= 4 is 5.78 Å². The molecule has 1 fully saturated rings. The number of hydrogen-bond donors (Lipinski definition) is 1. The first kappa shape index (κ1) is 14.1. The van der Waals surface area contributed by atoms with E-state index in [2.05, 4.69) is 5.32 Å². The molecule has 1 unspecified atom stereocenters. The van der Waals surface area contributed by atoms with E-state index in [1.165, 1.54) is 6.42 Å². The summed E-state index contributed by atoms with van der Waals surface area (Å²) in [5.74, 6) is 0.867. The van der Waals surface area contributed by atoms with Crippen molar-refractivity contribution < 1.29 is 9.53 Å². The summed E-state index contributed by atoms with van der Waals surface area (Å²) in [6.45, 7) is 4.89. The van der Waals surface area contributed by atoms with Crippen LogP contribution in [0.25, 0.3) is 0 Å². The third-order valence-corrected chi connectivity index (χ3v) is 3.39. The Balaban J connectivity index is 2.17. The highest BCUT2D eigenvalue weighted by Crippen LogP contribution is 2.23. The smallest absolute Gasteiger partial charge is 0.183 e. The molecule has 1 saturated heterocycles. The summed E-state index contributed by atoms with van der Waals surface area (Å²) in [5, 5.41) is 3.36. The van der Waals surface area contributed by atoms with Gasteiger partial charge in [-0.1, -0.05) is 25.0 Å². The van der Waals surface area contributed by atoms with Gasteiger partial charge in [-0.05, 0) is 45.4 Å². The highest BCUT2D eigenvalue weighted by atomic mass is 16.5. The number of ether oxygens (including phenoxy) is 1. The molecule has 1 heterocycles. The number of benzene rings is 1. The third kappa shape index (κ3) is 3.80. The lowest BCUT2D eigenvalue weighted by Crippen LogP contribution is -2.36. The molecule has 0 spiro atoms. The number of para-hydroxylation sites is 1. The Morgan fingerprint density at radius 1 is 1.26 bits per heavy atom. The van der Waals surface area contributed by atoms with Gasteiger partial charge in [0.2, 0.25) is 0 Å². The topological polar surface area (TPSA) is 38.3 Å². The maximum Gasteiger partial charge on any atom is 0.183 e. The molecular weight excluding hydrogens is 238 g/mol. The fourth-order valence-electron chi connectivity index (χ4n) is 2.47. The van der Waals surface area contributed by atoms with E-state index in [-0.39, 0.29) is 17.9 Å². The fraction of sp³-hybridized carbons (Fsp3) is 0.562. The van der Waals surface area contributed by atoms with E-state index in [4.69, 9.17) is 4.74 Å². The molecule has 1 aliphatic rings. The van der Waals surface area contributed by atoms with Gasteiger partial charge in [0.25, 0.3) is 0 Å². The molecule has 1 atom stereocenters. The lowest BCUT2D eigenvalue weighted by molar-refractivity contribution is 0.0935. The van der Waals surface area contributed by atoms with Crippen molar-refractivity contribution in [3.05, 3.63) is 29.8 Å².